The maximum absolute atomic E-state index is 5.49. The fraction of sp³-hybridized carbons (Fsp3) is 0.333. The number of aromatic nitrogens is 2. The molecule has 2 rings (SSSR count). The van der Waals surface area contributed by atoms with Crippen LogP contribution in [0.3, 0.4) is 0 Å². The molecular weight excluding hydrogens is 252 g/mol. The van der Waals surface area contributed by atoms with E-state index in [1.807, 2.05) is 6.26 Å². The molecule has 2 aromatic rings. The lowest BCUT2D eigenvalue weighted by Crippen LogP contribution is -1.81. The average Bonchev–Trinajstić information content (AvgIpc) is 2.77. The van der Waals surface area contributed by atoms with E-state index in [9.17, 15) is 0 Å². The van der Waals surface area contributed by atoms with Gasteiger partial charge >= 0.3 is 0 Å². The molecule has 17 heavy (non-hydrogen) atoms. The van der Waals surface area contributed by atoms with Crippen LogP contribution in [0.15, 0.2) is 33.9 Å². The van der Waals surface area contributed by atoms with Crippen molar-refractivity contribution < 1.29 is 4.42 Å². The van der Waals surface area contributed by atoms with Crippen LogP contribution in [0.4, 0.5) is 0 Å². The summed E-state index contributed by atoms with van der Waals surface area (Å²) in [6, 6.07) is 8.48. The molecule has 0 aliphatic rings. The first-order chi connectivity index (χ1) is 8.28. The summed E-state index contributed by atoms with van der Waals surface area (Å²) in [4.78, 5) is 0. The van der Waals surface area contributed by atoms with Crippen molar-refractivity contribution in [1.29, 1.82) is 0 Å². The monoisotopic (exact) mass is 266 g/mol. The van der Waals surface area contributed by atoms with E-state index >= 15 is 0 Å². The van der Waals surface area contributed by atoms with E-state index in [0.29, 0.717) is 11.1 Å². The van der Waals surface area contributed by atoms with Gasteiger partial charge in [-0.3, -0.25) is 0 Å². The minimum Gasteiger partial charge on any atom is -0.415 e. The molecule has 0 amide bonds. The van der Waals surface area contributed by atoms with Crippen molar-refractivity contribution >= 4 is 23.5 Å². The number of aryl methyl sites for hydroxylation is 1. The number of hydrogen-bond donors (Lipinski definition) is 0. The van der Waals surface area contributed by atoms with E-state index in [1.165, 1.54) is 11.1 Å². The van der Waals surface area contributed by atoms with Gasteiger partial charge in [0.1, 0.15) is 0 Å². The lowest BCUT2D eigenvalue weighted by atomic mass is 10.2. The van der Waals surface area contributed by atoms with E-state index in [-0.39, 0.29) is 0 Å². The molecule has 3 nitrogen and oxygen atoms in total. The summed E-state index contributed by atoms with van der Waals surface area (Å²) < 4.78 is 5.49. The molecule has 0 unspecified atom stereocenters. The van der Waals surface area contributed by atoms with Crippen molar-refractivity contribution in [3.63, 3.8) is 0 Å². The first-order valence-electron chi connectivity index (χ1n) is 5.27. The summed E-state index contributed by atoms with van der Waals surface area (Å²) in [6.07, 6.45) is 2.02. The molecule has 0 aliphatic carbocycles. The van der Waals surface area contributed by atoms with Crippen molar-refractivity contribution in [1.82, 2.24) is 10.2 Å². The summed E-state index contributed by atoms with van der Waals surface area (Å²) in [7, 11) is 0. The molecule has 0 N–H and O–H groups in total. The molecule has 1 aromatic heterocycles. The zero-order valence-corrected chi connectivity index (χ0v) is 11.5. The van der Waals surface area contributed by atoms with Gasteiger partial charge in [-0.1, -0.05) is 41.6 Å². The summed E-state index contributed by atoms with van der Waals surface area (Å²) in [5, 5.41) is 8.62. The average molecular weight is 266 g/mol. The van der Waals surface area contributed by atoms with Crippen LogP contribution < -0.4 is 0 Å². The highest BCUT2D eigenvalue weighted by atomic mass is 32.2. The van der Waals surface area contributed by atoms with Gasteiger partial charge in [-0.15, -0.1) is 10.2 Å². The number of rotatable bonds is 5. The van der Waals surface area contributed by atoms with Gasteiger partial charge in [-0.25, -0.2) is 0 Å². The van der Waals surface area contributed by atoms with Crippen molar-refractivity contribution in [3.8, 4) is 0 Å². The molecule has 0 bridgehead atoms. The van der Waals surface area contributed by atoms with Crippen LogP contribution >= 0.6 is 23.5 Å². The molecule has 0 saturated heterocycles. The quantitative estimate of drug-likeness (QED) is 0.774. The van der Waals surface area contributed by atoms with Crippen molar-refractivity contribution in [2.75, 3.05) is 6.26 Å². The molecule has 1 heterocycles. The standard InChI is InChI=1S/C12H14N2OS2/c1-9-3-5-10(6-4-9)7-17-12-14-13-11(15-12)8-16-2/h3-6H,7-8H2,1-2H3. The van der Waals surface area contributed by atoms with Gasteiger partial charge in [0.25, 0.3) is 5.22 Å². The summed E-state index contributed by atoms with van der Waals surface area (Å²) in [5.74, 6) is 2.34. The van der Waals surface area contributed by atoms with Crippen LogP contribution in [0, 0.1) is 6.92 Å². The molecule has 90 valence electrons. The Morgan fingerprint density at radius 3 is 2.59 bits per heavy atom. The van der Waals surface area contributed by atoms with Crippen molar-refractivity contribution in [2.45, 2.75) is 23.7 Å². The van der Waals surface area contributed by atoms with Gasteiger partial charge in [0.15, 0.2) is 0 Å². The molecule has 0 atom stereocenters. The predicted octanol–water partition coefficient (Wildman–Crippen LogP) is 3.53. The molecule has 0 spiro atoms. The summed E-state index contributed by atoms with van der Waals surface area (Å²) >= 11 is 3.26. The van der Waals surface area contributed by atoms with E-state index in [2.05, 4.69) is 41.4 Å². The van der Waals surface area contributed by atoms with Gasteiger partial charge in [0.05, 0.1) is 5.75 Å². The van der Waals surface area contributed by atoms with Crippen molar-refractivity contribution in [2.24, 2.45) is 0 Å². The topological polar surface area (TPSA) is 38.9 Å². The summed E-state index contributed by atoms with van der Waals surface area (Å²) in [6.45, 7) is 2.09. The van der Waals surface area contributed by atoms with Crippen LogP contribution in [-0.4, -0.2) is 16.5 Å². The predicted molar refractivity (Wildman–Crippen MR) is 72.3 cm³/mol. The zero-order chi connectivity index (χ0) is 12.1. The first kappa shape index (κ1) is 12.5. The maximum atomic E-state index is 5.49. The molecule has 5 heteroatoms. The van der Waals surface area contributed by atoms with Gasteiger partial charge < -0.3 is 4.42 Å². The van der Waals surface area contributed by atoms with Crippen molar-refractivity contribution in [3.05, 3.63) is 41.3 Å². The number of nitrogens with zero attached hydrogens (tertiary/aromatic N) is 2. The number of thioether (sulfide) groups is 2. The van der Waals surface area contributed by atoms with Gasteiger partial charge in [-0.2, -0.15) is 11.8 Å². The molecule has 0 saturated carbocycles. The molecular formula is C12H14N2OS2. The van der Waals surface area contributed by atoms with E-state index < -0.39 is 0 Å². The Hall–Kier alpha value is -0.940. The van der Waals surface area contributed by atoms with Crippen LogP contribution in [-0.2, 0) is 11.5 Å². The largest absolute Gasteiger partial charge is 0.415 e. The molecule has 0 aliphatic heterocycles. The smallest absolute Gasteiger partial charge is 0.276 e. The number of hydrogen-bond acceptors (Lipinski definition) is 5. The lowest BCUT2D eigenvalue weighted by Gasteiger charge is -1.98. The Morgan fingerprint density at radius 2 is 1.88 bits per heavy atom. The summed E-state index contributed by atoms with van der Waals surface area (Å²) in [5.41, 5.74) is 2.55. The fourth-order valence-electron chi connectivity index (χ4n) is 1.31. The van der Waals surface area contributed by atoms with Gasteiger partial charge in [0.2, 0.25) is 5.89 Å². The zero-order valence-electron chi connectivity index (χ0n) is 9.84. The highest BCUT2D eigenvalue weighted by Gasteiger charge is 2.06. The Kier molecular flexibility index (Phi) is 4.50. The minimum absolute atomic E-state index is 0.648. The Morgan fingerprint density at radius 1 is 1.12 bits per heavy atom. The lowest BCUT2D eigenvalue weighted by molar-refractivity contribution is 0.426. The minimum atomic E-state index is 0.648. The second-order valence-corrected chi connectivity index (χ2v) is 5.46. The highest BCUT2D eigenvalue weighted by Crippen LogP contribution is 2.22. The van der Waals surface area contributed by atoms with Gasteiger partial charge in [0, 0.05) is 5.75 Å². The second-order valence-electron chi connectivity index (χ2n) is 3.67. The molecule has 0 fully saturated rings. The number of benzene rings is 1. The molecule has 1 aromatic carbocycles. The van der Waals surface area contributed by atoms with Crippen LogP contribution in [0.25, 0.3) is 0 Å². The fourth-order valence-corrected chi connectivity index (χ4v) is 2.41. The van der Waals surface area contributed by atoms with E-state index in [4.69, 9.17) is 4.42 Å². The Bertz CT molecular complexity index is 468. The third-order valence-electron chi connectivity index (χ3n) is 2.20. The normalized spacial score (nSPS) is 10.7. The van der Waals surface area contributed by atoms with E-state index in [0.717, 1.165) is 11.5 Å². The SMILES string of the molecule is CSCc1nnc(SCc2ccc(C)cc2)o1. The maximum Gasteiger partial charge on any atom is 0.276 e. The third-order valence-corrected chi connectivity index (χ3v) is 3.62. The van der Waals surface area contributed by atoms with Gasteiger partial charge in [-0.05, 0) is 18.7 Å². The Balaban J connectivity index is 1.90. The second kappa shape index (κ2) is 6.12. The van der Waals surface area contributed by atoms with E-state index in [1.54, 1.807) is 23.5 Å². The third kappa shape index (κ3) is 3.78. The molecule has 0 radical (unpaired) electrons. The Labute approximate surface area is 109 Å². The highest BCUT2D eigenvalue weighted by molar-refractivity contribution is 7.98. The van der Waals surface area contributed by atoms with Crippen LogP contribution in [0.5, 0.6) is 0 Å². The van der Waals surface area contributed by atoms with Crippen LogP contribution in [0.2, 0.25) is 0 Å². The first-order valence-corrected chi connectivity index (χ1v) is 7.65. The van der Waals surface area contributed by atoms with Crippen LogP contribution in [0.1, 0.15) is 17.0 Å².